The van der Waals surface area contributed by atoms with Crippen LogP contribution in [0.15, 0.2) is 108 Å². The molecule has 0 unspecified atom stereocenters. The van der Waals surface area contributed by atoms with Crippen molar-refractivity contribution in [2.45, 2.75) is 166 Å². The predicted molar refractivity (Wildman–Crippen MR) is 264 cm³/mol. The molecule has 8 aromatic heterocycles. The fourth-order valence-corrected chi connectivity index (χ4v) is 4.54. The Labute approximate surface area is 388 Å². The summed E-state index contributed by atoms with van der Waals surface area (Å²) in [5, 5.41) is 23.4. The number of aromatic nitrogens is 14. The van der Waals surface area contributed by atoms with Gasteiger partial charge < -0.3 is 23.8 Å². The maximum atomic E-state index is 4.98. The first-order valence-corrected chi connectivity index (χ1v) is 22.1. The first-order chi connectivity index (χ1) is 30.4. The third-order valence-corrected chi connectivity index (χ3v) is 8.95. The van der Waals surface area contributed by atoms with E-state index in [1.54, 1.807) is 37.5 Å². The van der Waals surface area contributed by atoms with Gasteiger partial charge in [0, 0.05) is 59.7 Å². The van der Waals surface area contributed by atoms with E-state index in [2.05, 4.69) is 188 Å². The molecule has 6 N–H and O–H groups in total. The SMILES string of the molecule is C.CC(C)c1ccc[nH]1.CC(C)c1ccn[nH]1.CC(C)c1cn[nH]c1.CC(C)c1cn[nH]n1.CC(C)c1cnc[nH]1.CC(C)c1cnc[nH]1.CC(C)c1cnco1.CC(C)c1cocn1. The highest BCUT2D eigenvalue weighted by Crippen LogP contribution is 2.13. The van der Waals surface area contributed by atoms with Crippen LogP contribution in [0.25, 0.3) is 0 Å². The van der Waals surface area contributed by atoms with Gasteiger partial charge in [-0.3, -0.25) is 10.2 Å². The first-order valence-electron chi connectivity index (χ1n) is 22.1. The lowest BCUT2D eigenvalue weighted by atomic mass is 10.1. The Hall–Kier alpha value is -6.32. The minimum Gasteiger partial charge on any atom is -0.451 e. The number of oxazole rings is 2. The van der Waals surface area contributed by atoms with E-state index in [9.17, 15) is 0 Å². The quantitative estimate of drug-likeness (QED) is 0.0846. The summed E-state index contributed by atoms with van der Waals surface area (Å²) in [6.45, 7) is 33.9. The van der Waals surface area contributed by atoms with Gasteiger partial charge in [-0.15, -0.1) is 0 Å². The Morgan fingerprint density at radius 1 is 0.508 bits per heavy atom. The predicted octanol–water partition coefficient (Wildman–Crippen LogP) is 13.4. The molecule has 0 fully saturated rings. The standard InChI is InChI=1S/C7H11N.4C6H10N2.2C6H9NO.C5H9N3.CH4/c1-6(2)7-4-3-5-8-7;2*1-5(2)6-3-7-4-8-6;1-5(2)6-3-7-8-4-6;1-5(2)6-3-4-7-8-6;1-5(2)6-3-8-4-7-6;1-5(2)6-3-7-4-8-6;1-4(2)5-3-6-8-7-5;/h3-6,8H,1-2H3;4*3-5H,1-2H3,(H,7,8);2*3-5H,1-2H3;3-4H,1-2H3,(H,6,7,8);1H4. The highest BCUT2D eigenvalue weighted by molar-refractivity contribution is 5.08. The maximum absolute atomic E-state index is 4.98. The summed E-state index contributed by atoms with van der Waals surface area (Å²) < 4.78 is 9.75. The van der Waals surface area contributed by atoms with Crippen molar-refractivity contribution < 1.29 is 8.83 Å². The highest BCUT2D eigenvalue weighted by Gasteiger charge is 2.02. The average Bonchev–Trinajstić information content (AvgIpc) is 4.12. The van der Waals surface area contributed by atoms with Gasteiger partial charge in [0.15, 0.2) is 12.8 Å². The van der Waals surface area contributed by atoms with E-state index in [1.807, 2.05) is 43.1 Å². The smallest absolute Gasteiger partial charge is 0.180 e. The highest BCUT2D eigenvalue weighted by atomic mass is 16.3. The Kier molecular flexibility index (Phi) is 30.8. The lowest BCUT2D eigenvalue weighted by Gasteiger charge is -1.97. The van der Waals surface area contributed by atoms with Crippen LogP contribution in [0.1, 0.15) is 211 Å². The van der Waals surface area contributed by atoms with Crippen molar-refractivity contribution in [2.24, 2.45) is 0 Å². The Balaban J connectivity index is 0.000000719. The molecule has 8 aromatic rings. The molecule has 360 valence electrons. The maximum Gasteiger partial charge on any atom is 0.180 e. The zero-order valence-corrected chi connectivity index (χ0v) is 41.3. The summed E-state index contributed by atoms with van der Waals surface area (Å²) in [5.74, 6) is 5.29. The molecule has 0 saturated carbocycles. The van der Waals surface area contributed by atoms with Crippen LogP contribution in [0, 0.1) is 0 Å². The second kappa shape index (κ2) is 34.1. The molecule has 16 nitrogen and oxygen atoms in total. The first kappa shape index (κ1) is 58.7. The van der Waals surface area contributed by atoms with Crippen LogP contribution in [0.4, 0.5) is 0 Å². The third-order valence-electron chi connectivity index (χ3n) is 8.95. The fourth-order valence-electron chi connectivity index (χ4n) is 4.54. The number of rotatable bonds is 8. The second-order valence-corrected chi connectivity index (χ2v) is 17.1. The van der Waals surface area contributed by atoms with Crippen molar-refractivity contribution in [3.05, 3.63) is 145 Å². The Morgan fingerprint density at radius 3 is 1.32 bits per heavy atom. The number of imidazole rings is 2. The van der Waals surface area contributed by atoms with Gasteiger partial charge in [-0.25, -0.2) is 19.9 Å². The molecule has 0 aliphatic heterocycles. The van der Waals surface area contributed by atoms with Crippen molar-refractivity contribution in [2.75, 3.05) is 0 Å². The Morgan fingerprint density at radius 2 is 1.11 bits per heavy atom. The van der Waals surface area contributed by atoms with Gasteiger partial charge in [0.25, 0.3) is 0 Å². The van der Waals surface area contributed by atoms with E-state index in [-0.39, 0.29) is 7.43 Å². The Bertz CT molecular complexity index is 1600. The van der Waals surface area contributed by atoms with E-state index in [0.717, 1.165) is 17.1 Å². The normalized spacial score (nSPS) is 10.2. The molecule has 0 radical (unpaired) electrons. The summed E-state index contributed by atoms with van der Waals surface area (Å²) in [7, 11) is 0. The van der Waals surface area contributed by atoms with Gasteiger partial charge in [-0.1, -0.05) is 118 Å². The molecule has 0 spiro atoms. The van der Waals surface area contributed by atoms with Crippen molar-refractivity contribution in [3.63, 3.8) is 0 Å². The zero-order chi connectivity index (χ0) is 47.9. The molecule has 8 rings (SSSR count). The molecule has 0 atom stereocenters. The average molecular weight is 899 g/mol. The molecule has 0 aliphatic carbocycles. The van der Waals surface area contributed by atoms with Crippen LogP contribution >= 0.6 is 0 Å². The van der Waals surface area contributed by atoms with Gasteiger partial charge in [-0.05, 0) is 65.2 Å². The van der Waals surface area contributed by atoms with Gasteiger partial charge in [0.2, 0.25) is 0 Å². The molecular formula is C49H82N14O2. The van der Waals surface area contributed by atoms with Crippen LogP contribution in [-0.2, 0) is 0 Å². The summed E-state index contributed by atoms with van der Waals surface area (Å²) in [4.78, 5) is 24.7. The molecular weight excluding hydrogens is 817 g/mol. The van der Waals surface area contributed by atoms with E-state index >= 15 is 0 Å². The number of aromatic amines is 6. The van der Waals surface area contributed by atoms with Gasteiger partial charge in [0.05, 0.1) is 42.6 Å². The van der Waals surface area contributed by atoms with Gasteiger partial charge >= 0.3 is 0 Å². The number of nitrogens with one attached hydrogen (secondary N) is 6. The second-order valence-electron chi connectivity index (χ2n) is 17.1. The topological polar surface area (TPSA) is 224 Å². The summed E-state index contributed by atoms with van der Waals surface area (Å²) in [6, 6.07) is 6.12. The van der Waals surface area contributed by atoms with Crippen LogP contribution in [-0.4, -0.2) is 70.7 Å². The van der Waals surface area contributed by atoms with Gasteiger partial charge in [-0.2, -0.15) is 25.6 Å². The fraction of sp³-hybridized carbons (Fsp3) is 0.510. The molecule has 0 aliphatic rings. The van der Waals surface area contributed by atoms with Crippen molar-refractivity contribution in [1.82, 2.24) is 70.7 Å². The van der Waals surface area contributed by atoms with Crippen molar-refractivity contribution >= 4 is 0 Å². The number of hydrogen-bond acceptors (Lipinski definition) is 10. The largest absolute Gasteiger partial charge is 0.451 e. The van der Waals surface area contributed by atoms with Gasteiger partial charge in [0.1, 0.15) is 12.0 Å². The summed E-state index contributed by atoms with van der Waals surface area (Å²) in [6.07, 6.45) is 22.7. The van der Waals surface area contributed by atoms with Crippen LogP contribution in [0.3, 0.4) is 0 Å². The molecule has 16 heteroatoms. The van der Waals surface area contributed by atoms with Crippen LogP contribution < -0.4 is 0 Å². The molecule has 65 heavy (non-hydrogen) atoms. The van der Waals surface area contributed by atoms with E-state index in [1.165, 1.54) is 41.1 Å². The molecule has 0 amide bonds. The third kappa shape index (κ3) is 26.8. The minimum atomic E-state index is 0. The molecule has 8 heterocycles. The van der Waals surface area contributed by atoms with E-state index in [4.69, 9.17) is 8.83 Å². The lowest BCUT2D eigenvalue weighted by molar-refractivity contribution is 0.482. The van der Waals surface area contributed by atoms with E-state index in [0.29, 0.717) is 47.3 Å². The number of nitrogens with zero attached hydrogens (tertiary/aromatic N) is 8. The number of H-pyrrole nitrogens is 6. The minimum absolute atomic E-state index is 0. The zero-order valence-electron chi connectivity index (χ0n) is 41.3. The summed E-state index contributed by atoms with van der Waals surface area (Å²) >= 11 is 0. The monoisotopic (exact) mass is 899 g/mol. The van der Waals surface area contributed by atoms with Crippen LogP contribution in [0.5, 0.6) is 0 Å². The van der Waals surface area contributed by atoms with E-state index < -0.39 is 0 Å². The molecule has 0 aromatic carbocycles. The van der Waals surface area contributed by atoms with Crippen LogP contribution in [0.2, 0.25) is 0 Å². The van der Waals surface area contributed by atoms with Crippen molar-refractivity contribution in [1.29, 1.82) is 0 Å². The number of hydrogen-bond donors (Lipinski definition) is 6. The van der Waals surface area contributed by atoms with Crippen molar-refractivity contribution in [3.8, 4) is 0 Å². The lowest BCUT2D eigenvalue weighted by Crippen LogP contribution is -1.85. The molecule has 0 saturated heterocycles. The summed E-state index contributed by atoms with van der Waals surface area (Å²) in [5.41, 5.74) is 8.21. The molecule has 0 bridgehead atoms.